The number of nitro benzene ring substituents is 1. The van der Waals surface area contributed by atoms with E-state index < -0.39 is 10.5 Å². The van der Waals surface area contributed by atoms with Crippen molar-refractivity contribution in [2.45, 2.75) is 20.5 Å². The number of hydrogen-bond acceptors (Lipinski definition) is 8. The van der Waals surface area contributed by atoms with Gasteiger partial charge >= 0.3 is 5.69 Å². The quantitative estimate of drug-likeness (QED) is 0.297. The molecule has 0 aliphatic carbocycles. The average Bonchev–Trinajstić information content (AvgIpc) is 2.77. The number of nitrogens with zero attached hydrogens (tertiary/aromatic N) is 3. The third kappa shape index (κ3) is 5.22. The van der Waals surface area contributed by atoms with Gasteiger partial charge in [-0.3, -0.25) is 20.3 Å². The van der Waals surface area contributed by atoms with Crippen molar-refractivity contribution in [2.75, 3.05) is 12.5 Å². The second-order valence-electron chi connectivity index (χ2n) is 6.84. The fraction of sp³-hybridized carbons (Fsp3) is 0.190. The number of hydrogen-bond donors (Lipinski definition) is 2. The van der Waals surface area contributed by atoms with Crippen LogP contribution in [0.15, 0.2) is 46.4 Å². The molecule has 32 heavy (non-hydrogen) atoms. The van der Waals surface area contributed by atoms with E-state index >= 15 is 0 Å². The Hall–Kier alpha value is -3.92. The number of halogens is 1. The van der Waals surface area contributed by atoms with Gasteiger partial charge in [0.1, 0.15) is 17.3 Å². The maximum atomic E-state index is 11.7. The van der Waals surface area contributed by atoms with Crippen LogP contribution in [0.5, 0.6) is 11.5 Å². The van der Waals surface area contributed by atoms with Gasteiger partial charge in [-0.05, 0) is 31.0 Å². The first kappa shape index (κ1) is 22.8. The summed E-state index contributed by atoms with van der Waals surface area (Å²) in [5.41, 5.74) is 5.27. The number of nitro groups is 1. The van der Waals surface area contributed by atoms with Gasteiger partial charge in [0.05, 0.1) is 24.4 Å². The molecule has 0 aliphatic rings. The van der Waals surface area contributed by atoms with Crippen LogP contribution < -0.4 is 20.5 Å². The SMILES string of the molecule is COc1cc(/C=N\Nc2cn[nH]c(=O)c2Cl)cc([N+](=O)[O-])c1OCc1cc(C)ccc1C. The number of aryl methyl sites for hydroxylation is 2. The molecule has 1 heterocycles. The Balaban J connectivity index is 1.87. The van der Waals surface area contributed by atoms with Gasteiger partial charge in [0.25, 0.3) is 5.56 Å². The fourth-order valence-corrected chi connectivity index (χ4v) is 2.99. The van der Waals surface area contributed by atoms with Gasteiger partial charge in [-0.1, -0.05) is 35.4 Å². The van der Waals surface area contributed by atoms with E-state index in [1.165, 1.54) is 25.6 Å². The van der Waals surface area contributed by atoms with Gasteiger partial charge in [0.2, 0.25) is 5.75 Å². The van der Waals surface area contributed by atoms with E-state index in [-0.39, 0.29) is 34.5 Å². The summed E-state index contributed by atoms with van der Waals surface area (Å²) < 4.78 is 11.1. The topological polar surface area (TPSA) is 132 Å². The normalized spacial score (nSPS) is 10.9. The summed E-state index contributed by atoms with van der Waals surface area (Å²) >= 11 is 5.87. The second kappa shape index (κ2) is 9.92. The van der Waals surface area contributed by atoms with Crippen LogP contribution in [0, 0.1) is 24.0 Å². The van der Waals surface area contributed by atoms with Crippen LogP contribution in [0.1, 0.15) is 22.3 Å². The predicted molar refractivity (Wildman–Crippen MR) is 121 cm³/mol. The number of anilines is 1. The monoisotopic (exact) mass is 457 g/mol. The smallest absolute Gasteiger partial charge is 0.315 e. The predicted octanol–water partition coefficient (Wildman–Crippen LogP) is 3.98. The van der Waals surface area contributed by atoms with Crippen molar-refractivity contribution >= 4 is 29.2 Å². The summed E-state index contributed by atoms with van der Waals surface area (Å²) in [4.78, 5) is 22.6. The second-order valence-corrected chi connectivity index (χ2v) is 7.22. The molecular weight excluding hydrogens is 438 g/mol. The summed E-state index contributed by atoms with van der Waals surface area (Å²) in [6, 6.07) is 8.78. The lowest BCUT2D eigenvalue weighted by Crippen LogP contribution is -2.10. The van der Waals surface area contributed by atoms with Gasteiger partial charge in [0.15, 0.2) is 5.75 Å². The molecule has 0 atom stereocenters. The minimum atomic E-state index is -0.575. The first-order valence-corrected chi connectivity index (χ1v) is 9.75. The molecule has 3 rings (SSSR count). The number of ether oxygens (including phenoxy) is 2. The Morgan fingerprint density at radius 3 is 2.81 bits per heavy atom. The van der Waals surface area contributed by atoms with E-state index in [9.17, 15) is 14.9 Å². The molecule has 166 valence electrons. The Morgan fingerprint density at radius 2 is 2.09 bits per heavy atom. The Morgan fingerprint density at radius 1 is 1.31 bits per heavy atom. The zero-order valence-electron chi connectivity index (χ0n) is 17.5. The van der Waals surface area contributed by atoms with Crippen LogP contribution in [0.4, 0.5) is 11.4 Å². The minimum absolute atomic E-state index is 0.0188. The molecule has 1 aromatic heterocycles. The summed E-state index contributed by atoms with van der Waals surface area (Å²) in [7, 11) is 1.39. The molecule has 0 saturated heterocycles. The Kier molecular flexibility index (Phi) is 7.06. The van der Waals surface area contributed by atoms with Crippen molar-refractivity contribution in [3.05, 3.63) is 84.3 Å². The molecule has 0 saturated carbocycles. The first-order chi connectivity index (χ1) is 15.3. The molecule has 10 nitrogen and oxygen atoms in total. The highest BCUT2D eigenvalue weighted by molar-refractivity contribution is 6.32. The van der Waals surface area contributed by atoms with Gasteiger partial charge in [0, 0.05) is 11.6 Å². The highest BCUT2D eigenvalue weighted by atomic mass is 35.5. The van der Waals surface area contributed by atoms with E-state index in [0.29, 0.717) is 5.56 Å². The third-order valence-corrected chi connectivity index (χ3v) is 4.92. The van der Waals surface area contributed by atoms with Crippen LogP contribution in [0.3, 0.4) is 0 Å². The molecule has 0 fully saturated rings. The highest BCUT2D eigenvalue weighted by Crippen LogP contribution is 2.38. The molecule has 2 aromatic carbocycles. The Bertz CT molecular complexity index is 1240. The zero-order valence-corrected chi connectivity index (χ0v) is 18.3. The molecule has 0 unspecified atom stereocenters. The molecule has 0 amide bonds. The standard InChI is InChI=1S/C21H20ClN5O5/c1-12-4-5-13(2)15(6-12)11-32-20-17(27(29)30)7-14(8-18(20)31-3)9-23-25-16-10-24-26-21(28)19(16)22/h4-10H,11H2,1-3H3,(H2,25,26,28)/b23-9-. The van der Waals surface area contributed by atoms with E-state index in [2.05, 4.69) is 20.7 Å². The lowest BCUT2D eigenvalue weighted by Gasteiger charge is -2.13. The zero-order chi connectivity index (χ0) is 23.3. The van der Waals surface area contributed by atoms with Gasteiger partial charge < -0.3 is 9.47 Å². The van der Waals surface area contributed by atoms with Gasteiger partial charge in [-0.25, -0.2) is 5.10 Å². The van der Waals surface area contributed by atoms with Crippen LogP contribution in [-0.2, 0) is 6.61 Å². The number of hydrazone groups is 1. The lowest BCUT2D eigenvalue weighted by atomic mass is 10.1. The number of H-pyrrole nitrogens is 1. The maximum absolute atomic E-state index is 11.7. The van der Waals surface area contributed by atoms with Crippen LogP contribution in [-0.4, -0.2) is 28.4 Å². The summed E-state index contributed by atoms with van der Waals surface area (Å²) in [5, 5.41) is 21.4. The largest absolute Gasteiger partial charge is 0.493 e. The van der Waals surface area contributed by atoms with Crippen LogP contribution in [0.2, 0.25) is 5.02 Å². The Labute approximate surface area is 188 Å². The lowest BCUT2D eigenvalue weighted by molar-refractivity contribution is -0.386. The third-order valence-electron chi connectivity index (χ3n) is 4.55. The molecule has 0 bridgehead atoms. The number of methoxy groups -OCH3 is 1. The highest BCUT2D eigenvalue weighted by Gasteiger charge is 2.22. The van der Waals surface area contributed by atoms with E-state index in [1.54, 1.807) is 6.07 Å². The maximum Gasteiger partial charge on any atom is 0.315 e. The number of aromatic amines is 1. The van der Waals surface area contributed by atoms with Crippen molar-refractivity contribution in [3.63, 3.8) is 0 Å². The minimum Gasteiger partial charge on any atom is -0.493 e. The molecule has 0 spiro atoms. The molecular formula is C21H20ClN5O5. The van der Waals surface area contributed by atoms with Crippen molar-refractivity contribution in [1.29, 1.82) is 0 Å². The number of aromatic nitrogens is 2. The van der Waals surface area contributed by atoms with Crippen molar-refractivity contribution < 1.29 is 14.4 Å². The molecule has 2 N–H and O–H groups in total. The summed E-state index contributed by atoms with van der Waals surface area (Å²) in [6.07, 6.45) is 2.61. The molecule has 11 heteroatoms. The first-order valence-electron chi connectivity index (χ1n) is 9.37. The van der Waals surface area contributed by atoms with Crippen molar-refractivity contribution in [3.8, 4) is 11.5 Å². The average molecular weight is 458 g/mol. The number of rotatable bonds is 8. The molecule has 0 aliphatic heterocycles. The fourth-order valence-electron chi connectivity index (χ4n) is 2.86. The van der Waals surface area contributed by atoms with Crippen molar-refractivity contribution in [2.24, 2.45) is 5.10 Å². The van der Waals surface area contributed by atoms with E-state index in [4.69, 9.17) is 21.1 Å². The van der Waals surface area contributed by atoms with Crippen molar-refractivity contribution in [1.82, 2.24) is 10.2 Å². The van der Waals surface area contributed by atoms with Gasteiger partial charge in [-0.15, -0.1) is 0 Å². The van der Waals surface area contributed by atoms with Crippen LogP contribution in [0.25, 0.3) is 0 Å². The number of nitrogens with one attached hydrogen (secondary N) is 2. The van der Waals surface area contributed by atoms with Gasteiger partial charge in [-0.2, -0.15) is 10.2 Å². The van der Waals surface area contributed by atoms with E-state index in [1.807, 2.05) is 32.0 Å². The summed E-state index contributed by atoms with van der Waals surface area (Å²) in [6.45, 7) is 4.05. The summed E-state index contributed by atoms with van der Waals surface area (Å²) in [5.74, 6) is 0.201. The van der Waals surface area contributed by atoms with E-state index in [0.717, 1.165) is 16.7 Å². The molecule has 0 radical (unpaired) electrons. The number of benzene rings is 2. The molecule has 3 aromatic rings. The van der Waals surface area contributed by atoms with Crippen LogP contribution >= 0.6 is 11.6 Å².